The van der Waals surface area contributed by atoms with Crippen LogP contribution in [0.2, 0.25) is 0 Å². The van der Waals surface area contributed by atoms with Gasteiger partial charge < -0.3 is 4.90 Å². The molecule has 3 atom stereocenters. The molecule has 0 amide bonds. The monoisotopic (exact) mass is 299 g/mol. The lowest BCUT2D eigenvalue weighted by molar-refractivity contribution is 0.0689. The summed E-state index contributed by atoms with van der Waals surface area (Å²) in [6.07, 6.45) is 8.52. The van der Waals surface area contributed by atoms with E-state index in [0.717, 1.165) is 24.1 Å². The van der Waals surface area contributed by atoms with E-state index in [4.69, 9.17) is 0 Å². The van der Waals surface area contributed by atoms with E-state index in [1.807, 2.05) is 30.3 Å². The first-order valence-corrected chi connectivity index (χ1v) is 9.02. The fourth-order valence-corrected chi connectivity index (χ4v) is 4.60. The molecule has 2 heterocycles. The Labute approximate surface area is 134 Å². The van der Waals surface area contributed by atoms with Crippen molar-refractivity contribution in [2.45, 2.75) is 64.0 Å². The third-order valence-corrected chi connectivity index (χ3v) is 5.97. The van der Waals surface area contributed by atoms with Crippen molar-refractivity contribution in [3.63, 3.8) is 0 Å². The fourth-order valence-electron chi connectivity index (χ4n) is 4.60. The number of hydrogen-bond donors (Lipinski definition) is 0. The highest BCUT2D eigenvalue weighted by Crippen LogP contribution is 2.42. The number of unbranched alkanes of at least 4 members (excludes halogenated alkanes) is 1. The minimum absolute atomic E-state index is 0.235. The number of benzene rings is 1. The third-order valence-electron chi connectivity index (χ3n) is 5.97. The van der Waals surface area contributed by atoms with Crippen LogP contribution in [0.25, 0.3) is 0 Å². The number of nitrogens with zero attached hydrogens (tertiary/aromatic N) is 1. The highest BCUT2D eigenvalue weighted by atomic mass is 16.1. The molecule has 0 N–H and O–H groups in total. The van der Waals surface area contributed by atoms with Crippen molar-refractivity contribution in [2.24, 2.45) is 11.8 Å². The van der Waals surface area contributed by atoms with Gasteiger partial charge in [0.05, 0.1) is 0 Å². The molecule has 1 aromatic rings. The lowest BCUT2D eigenvalue weighted by Gasteiger charge is -2.39. The summed E-state index contributed by atoms with van der Waals surface area (Å²) in [4.78, 5) is 15.6. The largest absolute Gasteiger partial charge is 0.300 e. The predicted octanol–water partition coefficient (Wildman–Crippen LogP) is 4.55. The SMILES string of the molecule is CCCCC(C(=O)c1ccccc1)C1CC2CCC(C1)N2C. The number of carbonyl (C=O) groups excluding carboxylic acids is 1. The molecule has 2 aliphatic rings. The van der Waals surface area contributed by atoms with E-state index in [0.29, 0.717) is 11.7 Å². The predicted molar refractivity (Wildman–Crippen MR) is 91.1 cm³/mol. The van der Waals surface area contributed by atoms with Crippen molar-refractivity contribution in [3.05, 3.63) is 35.9 Å². The van der Waals surface area contributed by atoms with Crippen molar-refractivity contribution in [1.29, 1.82) is 0 Å². The van der Waals surface area contributed by atoms with Gasteiger partial charge in [0.1, 0.15) is 0 Å². The Morgan fingerprint density at radius 2 is 1.82 bits per heavy atom. The number of carbonyl (C=O) groups is 1. The Balaban J connectivity index is 1.77. The number of hydrogen-bond acceptors (Lipinski definition) is 2. The van der Waals surface area contributed by atoms with Gasteiger partial charge >= 0.3 is 0 Å². The molecule has 2 saturated heterocycles. The maximum absolute atomic E-state index is 13.1. The average molecular weight is 299 g/mol. The van der Waals surface area contributed by atoms with Crippen LogP contribution in [0, 0.1) is 11.8 Å². The number of rotatable bonds is 6. The maximum Gasteiger partial charge on any atom is 0.166 e. The van der Waals surface area contributed by atoms with Crippen LogP contribution in [-0.4, -0.2) is 29.8 Å². The van der Waals surface area contributed by atoms with E-state index >= 15 is 0 Å². The van der Waals surface area contributed by atoms with Gasteiger partial charge in [-0.25, -0.2) is 0 Å². The minimum Gasteiger partial charge on any atom is -0.300 e. The standard InChI is InChI=1S/C20H29NO/c1-3-4-10-19(20(22)15-8-6-5-7-9-15)16-13-17-11-12-18(14-16)21(17)2/h5-9,16-19H,3-4,10-14H2,1-2H3. The minimum atomic E-state index is 0.235. The van der Waals surface area contributed by atoms with Crippen LogP contribution in [0.5, 0.6) is 0 Å². The van der Waals surface area contributed by atoms with Gasteiger partial charge in [-0.1, -0.05) is 50.1 Å². The van der Waals surface area contributed by atoms with Crippen molar-refractivity contribution >= 4 is 5.78 Å². The Morgan fingerprint density at radius 3 is 2.41 bits per heavy atom. The molecular weight excluding hydrogens is 270 g/mol. The molecular formula is C20H29NO. The number of Topliss-reactive ketones (excluding diaryl/α,β-unsaturated/α-hetero) is 1. The van der Waals surface area contributed by atoms with Gasteiger partial charge in [-0.15, -0.1) is 0 Å². The second-order valence-corrected chi connectivity index (χ2v) is 7.26. The molecule has 2 heteroatoms. The van der Waals surface area contributed by atoms with Crippen LogP contribution >= 0.6 is 0 Å². The quantitative estimate of drug-likeness (QED) is 0.718. The normalized spacial score (nSPS) is 29.5. The summed E-state index contributed by atoms with van der Waals surface area (Å²) in [7, 11) is 2.28. The molecule has 0 aromatic heterocycles. The summed E-state index contributed by atoms with van der Waals surface area (Å²) in [6, 6.07) is 11.4. The topological polar surface area (TPSA) is 20.3 Å². The Morgan fingerprint density at radius 1 is 1.18 bits per heavy atom. The Kier molecular flexibility index (Phi) is 4.97. The van der Waals surface area contributed by atoms with Gasteiger partial charge in [-0.2, -0.15) is 0 Å². The maximum atomic E-state index is 13.1. The van der Waals surface area contributed by atoms with Crippen molar-refractivity contribution in [3.8, 4) is 0 Å². The van der Waals surface area contributed by atoms with Gasteiger partial charge in [0.25, 0.3) is 0 Å². The number of fused-ring (bicyclic) bond motifs is 2. The van der Waals surface area contributed by atoms with Crippen LogP contribution < -0.4 is 0 Å². The molecule has 0 radical (unpaired) electrons. The number of ketones is 1. The summed E-state index contributed by atoms with van der Waals surface area (Å²) >= 11 is 0. The van der Waals surface area contributed by atoms with Gasteiger partial charge in [0.15, 0.2) is 5.78 Å². The van der Waals surface area contributed by atoms with Crippen LogP contribution in [0.3, 0.4) is 0 Å². The van der Waals surface area contributed by atoms with E-state index < -0.39 is 0 Å². The zero-order chi connectivity index (χ0) is 15.5. The highest BCUT2D eigenvalue weighted by molar-refractivity contribution is 5.98. The second kappa shape index (κ2) is 6.95. The molecule has 3 rings (SSSR count). The molecule has 22 heavy (non-hydrogen) atoms. The molecule has 3 unspecified atom stereocenters. The van der Waals surface area contributed by atoms with E-state index in [1.165, 1.54) is 38.5 Å². The van der Waals surface area contributed by atoms with Crippen molar-refractivity contribution in [2.75, 3.05) is 7.05 Å². The van der Waals surface area contributed by atoms with Crippen molar-refractivity contribution in [1.82, 2.24) is 4.90 Å². The summed E-state index contributed by atoms with van der Waals surface area (Å²) in [5, 5.41) is 0. The van der Waals surface area contributed by atoms with Gasteiger partial charge in [-0.05, 0) is 45.1 Å². The molecule has 0 saturated carbocycles. The zero-order valence-corrected chi connectivity index (χ0v) is 14.0. The molecule has 2 aliphatic heterocycles. The lowest BCUT2D eigenvalue weighted by atomic mass is 9.75. The zero-order valence-electron chi connectivity index (χ0n) is 14.0. The first-order valence-electron chi connectivity index (χ1n) is 9.02. The molecule has 0 spiro atoms. The smallest absolute Gasteiger partial charge is 0.166 e. The summed E-state index contributed by atoms with van der Waals surface area (Å²) in [5.41, 5.74) is 0.912. The van der Waals surface area contributed by atoms with E-state index in [-0.39, 0.29) is 5.92 Å². The molecule has 2 bridgehead atoms. The first kappa shape index (κ1) is 15.7. The Hall–Kier alpha value is -1.15. The summed E-state index contributed by atoms with van der Waals surface area (Å²) < 4.78 is 0. The lowest BCUT2D eigenvalue weighted by Crippen LogP contribution is -2.43. The van der Waals surface area contributed by atoms with E-state index in [2.05, 4.69) is 18.9 Å². The van der Waals surface area contributed by atoms with Gasteiger partial charge in [0.2, 0.25) is 0 Å². The third kappa shape index (κ3) is 3.12. The highest BCUT2D eigenvalue weighted by Gasteiger charge is 2.42. The Bertz CT molecular complexity index is 484. The van der Waals surface area contributed by atoms with Crippen LogP contribution in [-0.2, 0) is 0 Å². The molecule has 1 aromatic carbocycles. The van der Waals surface area contributed by atoms with Gasteiger partial charge in [-0.3, -0.25) is 4.79 Å². The van der Waals surface area contributed by atoms with Crippen LogP contribution in [0.4, 0.5) is 0 Å². The summed E-state index contributed by atoms with van der Waals surface area (Å²) in [6.45, 7) is 2.22. The number of piperidine rings is 1. The van der Waals surface area contributed by atoms with Crippen LogP contribution in [0.15, 0.2) is 30.3 Å². The summed E-state index contributed by atoms with van der Waals surface area (Å²) in [5.74, 6) is 1.22. The van der Waals surface area contributed by atoms with Crippen LogP contribution in [0.1, 0.15) is 62.2 Å². The molecule has 2 fully saturated rings. The van der Waals surface area contributed by atoms with E-state index in [9.17, 15) is 4.79 Å². The molecule has 2 nitrogen and oxygen atoms in total. The second-order valence-electron chi connectivity index (χ2n) is 7.26. The molecule has 0 aliphatic carbocycles. The molecule has 120 valence electrons. The van der Waals surface area contributed by atoms with Crippen molar-refractivity contribution < 1.29 is 4.79 Å². The van der Waals surface area contributed by atoms with Gasteiger partial charge in [0, 0.05) is 23.6 Å². The van der Waals surface area contributed by atoms with E-state index in [1.54, 1.807) is 0 Å². The fraction of sp³-hybridized carbons (Fsp3) is 0.650. The first-order chi connectivity index (χ1) is 10.7. The average Bonchev–Trinajstić information content (AvgIpc) is 2.77.